The fourth-order valence-electron chi connectivity index (χ4n) is 1.15. The van der Waals surface area contributed by atoms with Gasteiger partial charge in [0.2, 0.25) is 0 Å². The fourth-order valence-corrected chi connectivity index (χ4v) is 1.35. The van der Waals surface area contributed by atoms with Gasteiger partial charge in [-0.2, -0.15) is 0 Å². The molecule has 1 rings (SSSR count). The quantitative estimate of drug-likeness (QED) is 0.838. The average molecular weight is 215 g/mol. The number of carboxylic acids is 1. The van der Waals surface area contributed by atoms with Gasteiger partial charge in [0.15, 0.2) is 6.10 Å². The summed E-state index contributed by atoms with van der Waals surface area (Å²) in [6, 6.07) is 6.67. The molecule has 0 heterocycles. The van der Waals surface area contributed by atoms with E-state index in [1.807, 2.05) is 0 Å². The fraction of sp³-hybridized carbons (Fsp3) is 0.300. The Kier molecular flexibility index (Phi) is 3.92. The van der Waals surface area contributed by atoms with Crippen molar-refractivity contribution in [3.63, 3.8) is 0 Å². The molecule has 0 aromatic heterocycles. The first-order valence-corrected chi connectivity index (χ1v) is 4.62. The lowest BCUT2D eigenvalue weighted by atomic mass is 10.1. The number of halogens is 1. The van der Waals surface area contributed by atoms with Crippen LogP contribution in [0.2, 0.25) is 5.02 Å². The molecule has 14 heavy (non-hydrogen) atoms. The number of carboxylic acid groups (broad SMARTS) is 1. The maximum Gasteiger partial charge on any atom is 0.337 e. The van der Waals surface area contributed by atoms with Gasteiger partial charge in [0, 0.05) is 11.6 Å². The van der Waals surface area contributed by atoms with E-state index in [0.717, 1.165) is 0 Å². The maximum atomic E-state index is 10.8. The van der Waals surface area contributed by atoms with Gasteiger partial charge in [-0.3, -0.25) is 0 Å². The minimum Gasteiger partial charge on any atom is -0.479 e. The summed E-state index contributed by atoms with van der Waals surface area (Å²) < 4.78 is 5.09. The molecule has 76 valence electrons. The maximum absolute atomic E-state index is 10.8. The number of carbonyl (C=O) groups is 1. The Hall–Kier alpha value is -1.06. The zero-order valence-electron chi connectivity index (χ0n) is 7.74. The van der Waals surface area contributed by atoms with E-state index < -0.39 is 12.1 Å². The lowest BCUT2D eigenvalue weighted by Crippen LogP contribution is -2.15. The zero-order valence-corrected chi connectivity index (χ0v) is 8.49. The van der Waals surface area contributed by atoms with Gasteiger partial charge >= 0.3 is 5.97 Å². The van der Waals surface area contributed by atoms with Crippen LogP contribution in [0, 0.1) is 0 Å². The van der Waals surface area contributed by atoms with Crippen LogP contribution in [-0.2, 0) is 9.53 Å². The molecule has 0 spiro atoms. The lowest BCUT2D eigenvalue weighted by molar-refractivity contribution is -0.150. The molecule has 1 aromatic carbocycles. The Morgan fingerprint density at radius 2 is 2.36 bits per heavy atom. The third kappa shape index (κ3) is 2.72. The molecule has 1 aromatic rings. The highest BCUT2D eigenvalue weighted by Crippen LogP contribution is 2.20. The second-order valence-corrected chi connectivity index (χ2v) is 3.17. The molecule has 0 saturated heterocycles. The zero-order chi connectivity index (χ0) is 10.6. The van der Waals surface area contributed by atoms with Crippen molar-refractivity contribution in [2.45, 2.75) is 13.0 Å². The predicted molar refractivity (Wildman–Crippen MR) is 53.5 cm³/mol. The molecular weight excluding hydrogens is 204 g/mol. The summed E-state index contributed by atoms with van der Waals surface area (Å²) in [5.41, 5.74) is 0.562. The number of benzene rings is 1. The number of rotatable bonds is 4. The average Bonchev–Trinajstić information content (AvgIpc) is 2.13. The van der Waals surface area contributed by atoms with E-state index in [-0.39, 0.29) is 0 Å². The Morgan fingerprint density at radius 3 is 2.86 bits per heavy atom. The van der Waals surface area contributed by atoms with Crippen LogP contribution in [0.15, 0.2) is 24.3 Å². The molecule has 0 fully saturated rings. The minimum atomic E-state index is -1.01. The minimum absolute atomic E-state index is 0.351. The number of ether oxygens (including phenoxy) is 1. The Morgan fingerprint density at radius 1 is 1.64 bits per heavy atom. The molecule has 0 aliphatic carbocycles. The van der Waals surface area contributed by atoms with Gasteiger partial charge in [0.05, 0.1) is 0 Å². The van der Waals surface area contributed by atoms with Crippen LogP contribution in [0.5, 0.6) is 0 Å². The van der Waals surface area contributed by atoms with E-state index in [9.17, 15) is 4.79 Å². The largest absolute Gasteiger partial charge is 0.479 e. The summed E-state index contributed by atoms with van der Waals surface area (Å²) in [6.45, 7) is 2.10. The van der Waals surface area contributed by atoms with Crippen molar-refractivity contribution in [1.29, 1.82) is 0 Å². The highest BCUT2D eigenvalue weighted by molar-refractivity contribution is 6.30. The molecule has 1 N–H and O–H groups in total. The van der Waals surface area contributed by atoms with Crippen LogP contribution in [0.3, 0.4) is 0 Å². The second kappa shape index (κ2) is 4.98. The van der Waals surface area contributed by atoms with E-state index >= 15 is 0 Å². The monoisotopic (exact) mass is 214 g/mol. The Bertz CT molecular complexity index is 325. The predicted octanol–water partition coefficient (Wildman–Crippen LogP) is 2.50. The van der Waals surface area contributed by atoms with Crippen molar-refractivity contribution in [2.75, 3.05) is 6.61 Å². The highest BCUT2D eigenvalue weighted by atomic mass is 35.5. The van der Waals surface area contributed by atoms with Crippen molar-refractivity contribution in [3.05, 3.63) is 34.9 Å². The molecule has 0 radical (unpaired) electrons. The summed E-state index contributed by atoms with van der Waals surface area (Å²) in [5, 5.41) is 9.39. The summed E-state index contributed by atoms with van der Waals surface area (Å²) in [6.07, 6.45) is -0.932. The van der Waals surface area contributed by atoms with Gasteiger partial charge in [0.25, 0.3) is 0 Å². The van der Waals surface area contributed by atoms with E-state index in [0.29, 0.717) is 17.2 Å². The van der Waals surface area contributed by atoms with Gasteiger partial charge in [-0.15, -0.1) is 0 Å². The van der Waals surface area contributed by atoms with Gasteiger partial charge in [0.1, 0.15) is 0 Å². The third-order valence-electron chi connectivity index (χ3n) is 1.71. The summed E-state index contributed by atoms with van der Waals surface area (Å²) in [4.78, 5) is 10.8. The van der Waals surface area contributed by atoms with Crippen LogP contribution >= 0.6 is 11.6 Å². The van der Waals surface area contributed by atoms with Gasteiger partial charge in [-0.1, -0.05) is 23.7 Å². The van der Waals surface area contributed by atoms with E-state index in [1.165, 1.54) is 0 Å². The topological polar surface area (TPSA) is 46.5 Å². The molecule has 0 saturated carbocycles. The van der Waals surface area contributed by atoms with E-state index in [1.54, 1.807) is 31.2 Å². The van der Waals surface area contributed by atoms with E-state index in [2.05, 4.69) is 0 Å². The van der Waals surface area contributed by atoms with Gasteiger partial charge in [-0.25, -0.2) is 4.79 Å². The lowest BCUT2D eigenvalue weighted by Gasteiger charge is -2.12. The van der Waals surface area contributed by atoms with Crippen LogP contribution in [0.25, 0.3) is 0 Å². The van der Waals surface area contributed by atoms with Crippen LogP contribution in [0.4, 0.5) is 0 Å². The van der Waals surface area contributed by atoms with E-state index in [4.69, 9.17) is 21.4 Å². The smallest absolute Gasteiger partial charge is 0.337 e. The van der Waals surface area contributed by atoms with Crippen LogP contribution < -0.4 is 0 Å². The molecule has 1 unspecified atom stereocenters. The first-order chi connectivity index (χ1) is 6.65. The summed E-state index contributed by atoms with van der Waals surface area (Å²) in [5.74, 6) is -1.01. The molecule has 0 amide bonds. The molecule has 0 bridgehead atoms. The standard InChI is InChI=1S/C10H11ClO3/c1-2-14-9(10(12)13)7-4-3-5-8(11)6-7/h3-6,9H,2H2,1H3,(H,12,13). The molecule has 0 aliphatic rings. The second-order valence-electron chi connectivity index (χ2n) is 2.73. The van der Waals surface area contributed by atoms with Crippen LogP contribution in [-0.4, -0.2) is 17.7 Å². The number of hydrogen-bond donors (Lipinski definition) is 1. The molecule has 4 heteroatoms. The van der Waals surface area contributed by atoms with Crippen molar-refractivity contribution in [1.82, 2.24) is 0 Å². The first-order valence-electron chi connectivity index (χ1n) is 4.25. The van der Waals surface area contributed by atoms with Crippen LogP contribution in [0.1, 0.15) is 18.6 Å². The van der Waals surface area contributed by atoms with Crippen molar-refractivity contribution < 1.29 is 14.6 Å². The Balaban J connectivity index is 2.93. The normalized spacial score (nSPS) is 12.4. The molecule has 0 aliphatic heterocycles. The van der Waals surface area contributed by atoms with Crippen molar-refractivity contribution in [3.8, 4) is 0 Å². The highest BCUT2D eigenvalue weighted by Gasteiger charge is 2.19. The molecule has 3 nitrogen and oxygen atoms in total. The van der Waals surface area contributed by atoms with Gasteiger partial charge < -0.3 is 9.84 Å². The molecule has 1 atom stereocenters. The summed E-state index contributed by atoms with van der Waals surface area (Å²) in [7, 11) is 0. The van der Waals surface area contributed by atoms with Crippen molar-refractivity contribution in [2.24, 2.45) is 0 Å². The first kappa shape index (κ1) is 11.0. The Labute approximate surface area is 87.3 Å². The SMILES string of the molecule is CCOC(C(=O)O)c1cccc(Cl)c1. The molecular formula is C10H11ClO3. The van der Waals surface area contributed by atoms with Gasteiger partial charge in [-0.05, 0) is 24.6 Å². The van der Waals surface area contributed by atoms with Crippen molar-refractivity contribution >= 4 is 17.6 Å². The number of aliphatic carboxylic acids is 1. The summed E-state index contributed by atoms with van der Waals surface area (Å²) >= 11 is 5.75. The third-order valence-corrected chi connectivity index (χ3v) is 1.94. The number of hydrogen-bond acceptors (Lipinski definition) is 2.